The van der Waals surface area contributed by atoms with Gasteiger partial charge < -0.3 is 9.64 Å². The Morgan fingerprint density at radius 3 is 2.37 bits per heavy atom. The quantitative estimate of drug-likeness (QED) is 0.281. The first-order valence-electron chi connectivity index (χ1n) is 6.18. The van der Waals surface area contributed by atoms with Crippen molar-refractivity contribution in [2.75, 3.05) is 32.5 Å². The number of nitrogens with zero attached hydrogens (tertiary/aromatic N) is 1. The van der Waals surface area contributed by atoms with E-state index in [1.807, 2.05) is 11.9 Å². The van der Waals surface area contributed by atoms with Crippen molar-refractivity contribution in [1.29, 1.82) is 0 Å². The lowest BCUT2D eigenvalue weighted by Crippen LogP contribution is -2.23. The van der Waals surface area contributed by atoms with Crippen LogP contribution in [0, 0.1) is 0 Å². The Hall–Kier alpha value is -0.920. The van der Waals surface area contributed by atoms with Crippen LogP contribution in [-0.4, -0.2) is 56.3 Å². The molecular weight excluding hydrogens is 270 g/mol. The van der Waals surface area contributed by atoms with Gasteiger partial charge in [-0.3, -0.25) is 4.55 Å². The highest BCUT2D eigenvalue weighted by atomic mass is 32.2. The van der Waals surface area contributed by atoms with Gasteiger partial charge in [0.15, 0.2) is 0 Å². The molecule has 0 heterocycles. The lowest BCUT2D eigenvalue weighted by molar-refractivity contribution is -0.139. The molecule has 112 valence electrons. The highest BCUT2D eigenvalue weighted by Gasteiger charge is 2.05. The summed E-state index contributed by atoms with van der Waals surface area (Å²) in [7, 11) is -1.93. The Morgan fingerprint density at radius 2 is 1.84 bits per heavy atom. The summed E-state index contributed by atoms with van der Waals surface area (Å²) in [6.07, 6.45) is 1.85. The summed E-state index contributed by atoms with van der Waals surface area (Å²) >= 11 is 0. The van der Waals surface area contributed by atoms with Gasteiger partial charge in [0.25, 0.3) is 10.1 Å². The molecule has 0 aromatic rings. The molecule has 0 saturated heterocycles. The second-order valence-electron chi connectivity index (χ2n) is 4.57. The van der Waals surface area contributed by atoms with Crippen molar-refractivity contribution in [3.05, 3.63) is 12.2 Å². The Balaban J connectivity index is 3.52. The number of ether oxygens (including phenoxy) is 1. The standard InChI is InChI=1S/C12H23NO5S/c1-11(2)12(14)18-9-6-8-13(3)7-4-5-10-19(15,16)17/h1,4-10H2,2-3H3,(H,15,16,17). The first-order chi connectivity index (χ1) is 8.72. The van der Waals surface area contributed by atoms with Gasteiger partial charge in [0.05, 0.1) is 12.4 Å². The molecule has 0 bridgehead atoms. The molecule has 0 fully saturated rings. The van der Waals surface area contributed by atoms with E-state index in [-0.39, 0.29) is 11.7 Å². The molecular formula is C12H23NO5S. The summed E-state index contributed by atoms with van der Waals surface area (Å²) < 4.78 is 34.5. The number of hydrogen-bond acceptors (Lipinski definition) is 5. The van der Waals surface area contributed by atoms with Crippen molar-refractivity contribution in [3.8, 4) is 0 Å². The van der Waals surface area contributed by atoms with Gasteiger partial charge in [0.1, 0.15) is 0 Å². The van der Waals surface area contributed by atoms with E-state index in [1.165, 1.54) is 0 Å². The molecule has 1 N–H and O–H groups in total. The first kappa shape index (κ1) is 18.1. The molecule has 0 aliphatic heterocycles. The van der Waals surface area contributed by atoms with Crippen LogP contribution in [0.4, 0.5) is 0 Å². The van der Waals surface area contributed by atoms with Crippen LogP contribution in [0.5, 0.6) is 0 Å². The van der Waals surface area contributed by atoms with Crippen molar-refractivity contribution in [2.45, 2.75) is 26.2 Å². The molecule has 19 heavy (non-hydrogen) atoms. The van der Waals surface area contributed by atoms with Crippen LogP contribution in [0.25, 0.3) is 0 Å². The zero-order valence-corrected chi connectivity index (χ0v) is 12.4. The van der Waals surface area contributed by atoms with Crippen LogP contribution in [0.2, 0.25) is 0 Å². The Labute approximate surface area is 115 Å². The summed E-state index contributed by atoms with van der Waals surface area (Å²) in [6, 6.07) is 0. The van der Waals surface area contributed by atoms with Crippen LogP contribution in [0.3, 0.4) is 0 Å². The predicted octanol–water partition coefficient (Wildman–Crippen LogP) is 1.10. The summed E-state index contributed by atoms with van der Waals surface area (Å²) in [4.78, 5) is 13.1. The monoisotopic (exact) mass is 293 g/mol. The molecule has 7 heteroatoms. The van der Waals surface area contributed by atoms with E-state index in [1.54, 1.807) is 6.92 Å². The molecule has 0 saturated carbocycles. The van der Waals surface area contributed by atoms with Crippen LogP contribution in [0.1, 0.15) is 26.2 Å². The fraction of sp³-hybridized carbons (Fsp3) is 0.750. The zero-order chi connectivity index (χ0) is 14.9. The van der Waals surface area contributed by atoms with E-state index in [4.69, 9.17) is 9.29 Å². The molecule has 0 amide bonds. The highest BCUT2D eigenvalue weighted by Crippen LogP contribution is 1.98. The fourth-order valence-corrected chi connectivity index (χ4v) is 1.97. The topological polar surface area (TPSA) is 83.9 Å². The maximum Gasteiger partial charge on any atom is 0.333 e. The lowest BCUT2D eigenvalue weighted by Gasteiger charge is -2.16. The molecule has 0 radical (unpaired) electrons. The maximum absolute atomic E-state index is 11.1. The third-order valence-electron chi connectivity index (χ3n) is 2.46. The molecule has 0 unspecified atom stereocenters. The molecule has 0 rings (SSSR count). The van der Waals surface area contributed by atoms with Gasteiger partial charge in [0, 0.05) is 12.1 Å². The molecule has 0 spiro atoms. The van der Waals surface area contributed by atoms with Gasteiger partial charge in [-0.25, -0.2) is 4.79 Å². The van der Waals surface area contributed by atoms with Gasteiger partial charge in [-0.15, -0.1) is 0 Å². The summed E-state index contributed by atoms with van der Waals surface area (Å²) in [5, 5.41) is 0. The van der Waals surface area contributed by atoms with Crippen molar-refractivity contribution in [1.82, 2.24) is 4.90 Å². The van der Waals surface area contributed by atoms with Crippen LogP contribution in [0.15, 0.2) is 12.2 Å². The van der Waals surface area contributed by atoms with Crippen molar-refractivity contribution in [2.24, 2.45) is 0 Å². The van der Waals surface area contributed by atoms with Crippen LogP contribution < -0.4 is 0 Å². The molecule has 0 aliphatic carbocycles. The van der Waals surface area contributed by atoms with Gasteiger partial charge in [-0.1, -0.05) is 6.58 Å². The van der Waals surface area contributed by atoms with Gasteiger partial charge in [0.2, 0.25) is 0 Å². The average Bonchev–Trinajstić information content (AvgIpc) is 2.28. The second-order valence-corrected chi connectivity index (χ2v) is 6.14. The number of esters is 1. The van der Waals surface area contributed by atoms with E-state index >= 15 is 0 Å². The van der Waals surface area contributed by atoms with Gasteiger partial charge in [-0.2, -0.15) is 8.42 Å². The zero-order valence-electron chi connectivity index (χ0n) is 11.6. The summed E-state index contributed by atoms with van der Waals surface area (Å²) in [5.41, 5.74) is 0.388. The van der Waals surface area contributed by atoms with Crippen molar-refractivity contribution < 1.29 is 22.5 Å². The molecule has 0 aromatic heterocycles. The van der Waals surface area contributed by atoms with E-state index in [2.05, 4.69) is 6.58 Å². The summed E-state index contributed by atoms with van der Waals surface area (Å²) in [6.45, 7) is 6.93. The molecule has 0 aromatic carbocycles. The normalized spacial score (nSPS) is 11.6. The van der Waals surface area contributed by atoms with E-state index < -0.39 is 10.1 Å². The lowest BCUT2D eigenvalue weighted by atomic mass is 10.3. The summed E-state index contributed by atoms with van der Waals surface area (Å²) in [5.74, 6) is -0.576. The Kier molecular flexibility index (Phi) is 8.62. The number of unbranched alkanes of at least 4 members (excludes halogenated alkanes) is 1. The first-order valence-corrected chi connectivity index (χ1v) is 7.79. The third-order valence-corrected chi connectivity index (χ3v) is 3.26. The molecule has 6 nitrogen and oxygen atoms in total. The van der Waals surface area contributed by atoms with E-state index in [9.17, 15) is 13.2 Å². The smallest absolute Gasteiger partial charge is 0.333 e. The number of carbonyl (C=O) groups is 1. The van der Waals surface area contributed by atoms with Gasteiger partial charge in [-0.05, 0) is 39.8 Å². The number of rotatable bonds is 10. The van der Waals surface area contributed by atoms with Gasteiger partial charge >= 0.3 is 5.97 Å². The SMILES string of the molecule is C=C(C)C(=O)OCCCN(C)CCCCS(=O)(=O)O. The number of carbonyl (C=O) groups excluding carboxylic acids is 1. The Morgan fingerprint density at radius 1 is 1.26 bits per heavy atom. The fourth-order valence-electron chi connectivity index (χ4n) is 1.40. The number of hydrogen-bond donors (Lipinski definition) is 1. The Bertz CT molecular complexity index is 391. The van der Waals surface area contributed by atoms with Crippen molar-refractivity contribution in [3.63, 3.8) is 0 Å². The largest absolute Gasteiger partial charge is 0.462 e. The minimum absolute atomic E-state index is 0.197. The third kappa shape index (κ3) is 11.9. The minimum Gasteiger partial charge on any atom is -0.462 e. The maximum atomic E-state index is 11.1. The average molecular weight is 293 g/mol. The minimum atomic E-state index is -3.84. The second kappa shape index (κ2) is 9.06. The van der Waals surface area contributed by atoms with Crippen molar-refractivity contribution >= 4 is 16.1 Å². The molecule has 0 atom stereocenters. The molecule has 0 aliphatic rings. The van der Waals surface area contributed by atoms with Crippen LogP contribution in [-0.2, 0) is 19.6 Å². The van der Waals surface area contributed by atoms with E-state index in [0.29, 0.717) is 31.4 Å². The highest BCUT2D eigenvalue weighted by molar-refractivity contribution is 7.85. The van der Waals surface area contributed by atoms with E-state index in [0.717, 1.165) is 13.1 Å². The predicted molar refractivity (Wildman–Crippen MR) is 73.5 cm³/mol. The van der Waals surface area contributed by atoms with Crippen LogP contribution >= 0.6 is 0 Å².